The van der Waals surface area contributed by atoms with Crippen molar-refractivity contribution in [3.05, 3.63) is 64.7 Å². The number of hydrogen-bond donors (Lipinski definition) is 3. The van der Waals surface area contributed by atoms with Crippen LogP contribution in [0.5, 0.6) is 5.75 Å². The molecule has 3 rings (SSSR count). The zero-order valence-electron chi connectivity index (χ0n) is 18.4. The van der Waals surface area contributed by atoms with Gasteiger partial charge in [0.05, 0.1) is 26.4 Å². The molecule has 1 heterocycles. The fourth-order valence-corrected chi connectivity index (χ4v) is 3.42. The lowest BCUT2D eigenvalue weighted by Crippen LogP contribution is -2.37. The van der Waals surface area contributed by atoms with Gasteiger partial charge in [-0.3, -0.25) is 0 Å². The lowest BCUT2D eigenvalue weighted by Gasteiger charge is -2.16. The van der Waals surface area contributed by atoms with Crippen LogP contribution in [0.2, 0.25) is 0 Å². The molecule has 0 bridgehead atoms. The molecule has 7 heteroatoms. The Kier molecular flexibility index (Phi) is 11.1. The molecule has 1 aliphatic heterocycles. The highest BCUT2D eigenvalue weighted by Gasteiger charge is 2.17. The van der Waals surface area contributed by atoms with Gasteiger partial charge in [-0.15, -0.1) is 24.0 Å². The van der Waals surface area contributed by atoms with E-state index in [2.05, 4.69) is 35.8 Å². The summed E-state index contributed by atoms with van der Waals surface area (Å²) >= 11 is 0. The third kappa shape index (κ3) is 7.97. The van der Waals surface area contributed by atoms with Gasteiger partial charge in [-0.2, -0.15) is 0 Å². The largest absolute Gasteiger partial charge is 0.493 e. The summed E-state index contributed by atoms with van der Waals surface area (Å²) in [4.78, 5) is 4.75. The minimum absolute atomic E-state index is 0. The Bertz CT molecular complexity index is 839. The van der Waals surface area contributed by atoms with E-state index < -0.39 is 0 Å². The van der Waals surface area contributed by atoms with Crippen LogP contribution in [0.25, 0.3) is 0 Å². The molecule has 1 fully saturated rings. The molecule has 1 atom stereocenters. The van der Waals surface area contributed by atoms with E-state index in [1.165, 1.54) is 5.56 Å². The molecule has 3 N–H and O–H groups in total. The van der Waals surface area contributed by atoms with Crippen LogP contribution in [0.3, 0.4) is 0 Å². The summed E-state index contributed by atoms with van der Waals surface area (Å²) in [6, 6.07) is 14.1. The van der Waals surface area contributed by atoms with Crippen LogP contribution < -0.4 is 15.4 Å². The summed E-state index contributed by atoms with van der Waals surface area (Å²) in [5.41, 5.74) is 4.22. The summed E-state index contributed by atoms with van der Waals surface area (Å²) in [6.07, 6.45) is 1.06. The van der Waals surface area contributed by atoms with Crippen molar-refractivity contribution in [2.45, 2.75) is 40.0 Å². The van der Waals surface area contributed by atoms with E-state index in [1.807, 2.05) is 31.2 Å². The number of aliphatic hydroxyl groups is 1. The third-order valence-electron chi connectivity index (χ3n) is 5.21. The van der Waals surface area contributed by atoms with E-state index in [4.69, 9.17) is 14.5 Å². The highest BCUT2D eigenvalue weighted by Crippen LogP contribution is 2.23. The maximum atomic E-state index is 9.53. The highest BCUT2D eigenvalue weighted by atomic mass is 127. The predicted molar refractivity (Wildman–Crippen MR) is 135 cm³/mol. The summed E-state index contributed by atoms with van der Waals surface area (Å²) in [6.45, 7) is 8.32. The summed E-state index contributed by atoms with van der Waals surface area (Å²) in [5, 5.41) is 16.2. The van der Waals surface area contributed by atoms with Gasteiger partial charge in [0.15, 0.2) is 5.96 Å². The topological polar surface area (TPSA) is 75.1 Å². The molecular weight excluding hydrogens is 505 g/mol. The van der Waals surface area contributed by atoms with E-state index in [9.17, 15) is 5.11 Å². The minimum atomic E-state index is 0. The van der Waals surface area contributed by atoms with Gasteiger partial charge < -0.3 is 25.2 Å². The Labute approximate surface area is 202 Å². The van der Waals surface area contributed by atoms with Crippen molar-refractivity contribution < 1.29 is 14.6 Å². The third-order valence-corrected chi connectivity index (χ3v) is 5.21. The average Bonchev–Trinajstić information content (AvgIpc) is 3.29. The molecule has 1 aliphatic rings. The molecule has 6 nitrogen and oxygen atoms in total. The first-order chi connectivity index (χ1) is 14.7. The Morgan fingerprint density at radius 3 is 2.68 bits per heavy atom. The number of guanidine groups is 1. The van der Waals surface area contributed by atoms with Crippen LogP contribution in [0, 0.1) is 12.8 Å². The number of aryl methyl sites for hydroxylation is 1. The maximum absolute atomic E-state index is 9.53. The molecule has 0 aliphatic carbocycles. The van der Waals surface area contributed by atoms with Crippen LogP contribution in [0.1, 0.15) is 35.6 Å². The van der Waals surface area contributed by atoms with Crippen molar-refractivity contribution >= 4 is 29.9 Å². The van der Waals surface area contributed by atoms with Gasteiger partial charge >= 0.3 is 0 Å². The number of hydrogen-bond acceptors (Lipinski definition) is 4. The first-order valence-corrected chi connectivity index (χ1v) is 10.7. The van der Waals surface area contributed by atoms with Gasteiger partial charge in [-0.1, -0.05) is 36.4 Å². The molecular formula is C24H34IN3O3. The molecule has 0 aromatic heterocycles. The highest BCUT2D eigenvalue weighted by molar-refractivity contribution is 14.0. The molecule has 1 unspecified atom stereocenters. The number of aliphatic hydroxyl groups excluding tert-OH is 1. The molecule has 170 valence electrons. The van der Waals surface area contributed by atoms with E-state index in [0.717, 1.165) is 54.6 Å². The first-order valence-electron chi connectivity index (χ1n) is 10.7. The Balaban J connectivity index is 0.00000341. The Hall–Kier alpha value is -1.84. The standard InChI is InChI=1S/C24H33N3O3.HI/c1-3-25-24(26-13-20-6-4-5-7-22(20)15-28)27-14-21-9-8-18(2)12-23(21)30-17-19-10-11-29-16-19;/h4-9,12,19,28H,3,10-11,13-17H2,1-2H3,(H2,25,26,27);1H. The van der Waals surface area contributed by atoms with Crippen LogP contribution in [-0.4, -0.2) is 37.4 Å². The van der Waals surface area contributed by atoms with Gasteiger partial charge in [0.1, 0.15) is 5.75 Å². The van der Waals surface area contributed by atoms with E-state index in [0.29, 0.717) is 25.6 Å². The summed E-state index contributed by atoms with van der Waals surface area (Å²) in [7, 11) is 0. The first kappa shape index (κ1) is 25.4. The van der Waals surface area contributed by atoms with Gasteiger partial charge in [0.2, 0.25) is 0 Å². The molecule has 2 aromatic rings. The molecule has 2 aromatic carbocycles. The second-order valence-corrected chi connectivity index (χ2v) is 7.63. The normalized spacial score (nSPS) is 16.0. The molecule has 0 amide bonds. The molecule has 0 saturated carbocycles. The van der Waals surface area contributed by atoms with Crippen LogP contribution in [-0.2, 0) is 24.4 Å². The molecule has 0 radical (unpaired) electrons. The summed E-state index contributed by atoms with van der Waals surface area (Å²) < 4.78 is 11.6. The summed E-state index contributed by atoms with van der Waals surface area (Å²) in [5.74, 6) is 2.10. The SMILES string of the molecule is CCNC(=NCc1ccc(C)cc1OCC1CCOC1)NCc1ccccc1CO.I. The van der Waals surface area contributed by atoms with Crippen LogP contribution >= 0.6 is 24.0 Å². The van der Waals surface area contributed by atoms with E-state index in [-0.39, 0.29) is 30.6 Å². The zero-order chi connectivity index (χ0) is 21.2. The van der Waals surface area contributed by atoms with Crippen molar-refractivity contribution in [1.29, 1.82) is 0 Å². The zero-order valence-corrected chi connectivity index (χ0v) is 20.7. The van der Waals surface area contributed by atoms with Gasteiger partial charge in [0, 0.05) is 31.2 Å². The van der Waals surface area contributed by atoms with Crippen molar-refractivity contribution in [3.63, 3.8) is 0 Å². The second-order valence-electron chi connectivity index (χ2n) is 7.63. The number of ether oxygens (including phenoxy) is 2. The van der Waals surface area contributed by atoms with E-state index >= 15 is 0 Å². The fourth-order valence-electron chi connectivity index (χ4n) is 3.42. The number of benzene rings is 2. The van der Waals surface area contributed by atoms with E-state index in [1.54, 1.807) is 0 Å². The molecule has 31 heavy (non-hydrogen) atoms. The van der Waals surface area contributed by atoms with Crippen molar-refractivity contribution in [3.8, 4) is 5.75 Å². The number of nitrogens with zero attached hydrogens (tertiary/aromatic N) is 1. The average molecular weight is 539 g/mol. The van der Waals surface area contributed by atoms with Crippen molar-refractivity contribution in [1.82, 2.24) is 10.6 Å². The van der Waals surface area contributed by atoms with Gasteiger partial charge in [0.25, 0.3) is 0 Å². The Morgan fingerprint density at radius 1 is 1.16 bits per heavy atom. The lowest BCUT2D eigenvalue weighted by molar-refractivity contribution is 0.166. The van der Waals surface area contributed by atoms with Crippen LogP contribution in [0.15, 0.2) is 47.5 Å². The van der Waals surface area contributed by atoms with Gasteiger partial charge in [-0.05, 0) is 43.0 Å². The predicted octanol–water partition coefficient (Wildman–Crippen LogP) is 3.78. The smallest absolute Gasteiger partial charge is 0.191 e. The lowest BCUT2D eigenvalue weighted by atomic mass is 10.1. The van der Waals surface area contributed by atoms with Crippen molar-refractivity contribution in [2.75, 3.05) is 26.4 Å². The minimum Gasteiger partial charge on any atom is -0.493 e. The van der Waals surface area contributed by atoms with Crippen molar-refractivity contribution in [2.24, 2.45) is 10.9 Å². The van der Waals surface area contributed by atoms with Gasteiger partial charge in [-0.25, -0.2) is 4.99 Å². The number of rotatable bonds is 9. The number of aliphatic imine (C=N–C) groups is 1. The second kappa shape index (κ2) is 13.5. The number of halogens is 1. The van der Waals surface area contributed by atoms with Crippen LogP contribution in [0.4, 0.5) is 0 Å². The Morgan fingerprint density at radius 2 is 1.97 bits per heavy atom. The quantitative estimate of drug-likeness (QED) is 0.257. The maximum Gasteiger partial charge on any atom is 0.191 e. The number of nitrogens with one attached hydrogen (secondary N) is 2. The molecule has 1 saturated heterocycles. The fraction of sp³-hybridized carbons (Fsp3) is 0.458. The molecule has 0 spiro atoms. The monoisotopic (exact) mass is 539 g/mol.